The van der Waals surface area contributed by atoms with E-state index in [1.54, 1.807) is 0 Å². The van der Waals surface area contributed by atoms with Crippen molar-refractivity contribution in [2.24, 2.45) is 0 Å². The van der Waals surface area contributed by atoms with Gasteiger partial charge in [0, 0.05) is 11.1 Å². The van der Waals surface area contributed by atoms with Gasteiger partial charge in [0.2, 0.25) is 0 Å². The van der Waals surface area contributed by atoms with E-state index in [1.807, 2.05) is 43.3 Å². The third-order valence-corrected chi connectivity index (χ3v) is 2.23. The van der Waals surface area contributed by atoms with Gasteiger partial charge in [-0.05, 0) is 30.7 Å². The summed E-state index contributed by atoms with van der Waals surface area (Å²) >= 11 is 0. The summed E-state index contributed by atoms with van der Waals surface area (Å²) in [5.41, 5.74) is 2.95. The fraction of sp³-hybridized carbons (Fsp3) is 0.0769. The Balaban J connectivity index is 2.70. The Morgan fingerprint density at radius 3 is 2.87 bits per heavy atom. The van der Waals surface area contributed by atoms with E-state index in [1.165, 1.54) is 6.08 Å². The highest BCUT2D eigenvalue weighted by Crippen LogP contribution is 2.18. The van der Waals surface area contributed by atoms with Crippen LogP contribution in [0.4, 0.5) is 0 Å². The Bertz CT molecular complexity index is 529. The van der Waals surface area contributed by atoms with Crippen LogP contribution in [0.1, 0.15) is 11.3 Å². The van der Waals surface area contributed by atoms with Gasteiger partial charge in [-0.2, -0.15) is 0 Å². The molecule has 15 heavy (non-hydrogen) atoms. The van der Waals surface area contributed by atoms with Gasteiger partial charge < -0.3 is 0 Å². The minimum atomic E-state index is 0.782. The molecular formula is C13H11NO. The lowest BCUT2D eigenvalue weighted by atomic mass is 10.1. The van der Waals surface area contributed by atoms with Crippen LogP contribution in [0.3, 0.4) is 0 Å². The van der Waals surface area contributed by atoms with Gasteiger partial charge in [-0.1, -0.05) is 24.3 Å². The molecule has 2 heteroatoms. The maximum atomic E-state index is 10.3. The molecule has 2 aromatic rings. The number of aldehydes is 1. The van der Waals surface area contributed by atoms with Gasteiger partial charge in [-0.3, -0.25) is 9.78 Å². The first-order chi connectivity index (χ1) is 7.31. The molecule has 0 spiro atoms. The van der Waals surface area contributed by atoms with E-state index in [0.29, 0.717) is 0 Å². The van der Waals surface area contributed by atoms with Crippen molar-refractivity contribution in [2.75, 3.05) is 0 Å². The summed E-state index contributed by atoms with van der Waals surface area (Å²) in [6, 6.07) is 9.88. The van der Waals surface area contributed by atoms with Crippen LogP contribution in [0.15, 0.2) is 36.4 Å². The van der Waals surface area contributed by atoms with Crippen molar-refractivity contribution in [2.45, 2.75) is 6.92 Å². The number of aryl methyl sites for hydroxylation is 1. The highest BCUT2D eigenvalue weighted by atomic mass is 16.1. The first kappa shape index (κ1) is 9.59. The summed E-state index contributed by atoms with van der Waals surface area (Å²) in [5.74, 6) is 0. The summed E-state index contributed by atoms with van der Waals surface area (Å²) in [5, 5.41) is 1.07. The normalized spacial score (nSPS) is 11.0. The number of hydrogen-bond acceptors (Lipinski definition) is 2. The molecule has 74 valence electrons. The van der Waals surface area contributed by atoms with E-state index in [9.17, 15) is 4.79 Å². The number of para-hydroxylation sites is 1. The summed E-state index contributed by atoms with van der Waals surface area (Å²) in [7, 11) is 0. The van der Waals surface area contributed by atoms with E-state index < -0.39 is 0 Å². The Morgan fingerprint density at radius 2 is 2.07 bits per heavy atom. The molecule has 2 rings (SSSR count). The molecule has 0 atom stereocenters. The lowest BCUT2D eigenvalue weighted by Gasteiger charge is -2.02. The van der Waals surface area contributed by atoms with Gasteiger partial charge in [0.05, 0.1) is 5.52 Å². The fourth-order valence-electron chi connectivity index (χ4n) is 1.62. The number of benzene rings is 1. The monoisotopic (exact) mass is 197 g/mol. The average Bonchev–Trinajstić information content (AvgIpc) is 2.25. The van der Waals surface area contributed by atoms with Crippen molar-refractivity contribution >= 4 is 23.3 Å². The molecule has 0 saturated carbocycles. The molecular weight excluding hydrogens is 186 g/mol. The Hall–Kier alpha value is -1.96. The zero-order chi connectivity index (χ0) is 10.7. The number of carbonyl (C=O) groups is 1. The number of hydrogen-bond donors (Lipinski definition) is 0. The highest BCUT2D eigenvalue weighted by Gasteiger charge is 1.99. The predicted molar refractivity (Wildman–Crippen MR) is 61.6 cm³/mol. The predicted octanol–water partition coefficient (Wildman–Crippen LogP) is 2.76. The SMILES string of the molecule is Cc1cc(C=CC=O)c2ccccc2n1. The molecule has 1 aromatic heterocycles. The molecule has 0 fully saturated rings. The van der Waals surface area contributed by atoms with Crippen LogP contribution >= 0.6 is 0 Å². The molecule has 2 nitrogen and oxygen atoms in total. The largest absolute Gasteiger partial charge is 0.299 e. The molecule has 0 aliphatic rings. The Morgan fingerprint density at radius 1 is 1.27 bits per heavy atom. The van der Waals surface area contributed by atoms with E-state index in [2.05, 4.69) is 4.98 Å². The van der Waals surface area contributed by atoms with Crippen LogP contribution in [0.5, 0.6) is 0 Å². The molecule has 0 saturated heterocycles. The molecule has 1 heterocycles. The molecule has 0 radical (unpaired) electrons. The number of carbonyl (C=O) groups excluding carboxylic acids is 1. The zero-order valence-electron chi connectivity index (χ0n) is 8.47. The molecule has 0 N–H and O–H groups in total. The van der Waals surface area contributed by atoms with Crippen molar-refractivity contribution in [3.63, 3.8) is 0 Å². The number of aromatic nitrogens is 1. The van der Waals surface area contributed by atoms with Crippen molar-refractivity contribution in [1.29, 1.82) is 0 Å². The van der Waals surface area contributed by atoms with Gasteiger partial charge in [0.15, 0.2) is 0 Å². The van der Waals surface area contributed by atoms with Crippen LogP contribution in [0.2, 0.25) is 0 Å². The Kier molecular flexibility index (Phi) is 2.59. The molecule has 0 bridgehead atoms. The summed E-state index contributed by atoms with van der Waals surface area (Å²) < 4.78 is 0. The molecule has 0 aliphatic carbocycles. The van der Waals surface area contributed by atoms with Gasteiger partial charge in [0.1, 0.15) is 6.29 Å². The van der Waals surface area contributed by atoms with Crippen LogP contribution in [0.25, 0.3) is 17.0 Å². The van der Waals surface area contributed by atoms with Crippen LogP contribution < -0.4 is 0 Å². The minimum absolute atomic E-state index is 0.782. The number of fused-ring (bicyclic) bond motifs is 1. The van der Waals surface area contributed by atoms with Crippen molar-refractivity contribution in [1.82, 2.24) is 4.98 Å². The Labute approximate surface area is 88.3 Å². The van der Waals surface area contributed by atoms with Gasteiger partial charge in [-0.25, -0.2) is 0 Å². The maximum Gasteiger partial charge on any atom is 0.142 e. The average molecular weight is 197 g/mol. The lowest BCUT2D eigenvalue weighted by molar-refractivity contribution is -0.104. The standard InChI is InChI=1S/C13H11NO/c1-10-9-11(5-4-8-15)12-6-2-3-7-13(12)14-10/h2-9H,1H3. The van der Waals surface area contributed by atoms with Crippen molar-refractivity contribution in [3.8, 4) is 0 Å². The van der Waals surface area contributed by atoms with E-state index in [-0.39, 0.29) is 0 Å². The highest BCUT2D eigenvalue weighted by molar-refractivity contribution is 5.90. The van der Waals surface area contributed by atoms with E-state index >= 15 is 0 Å². The number of pyridine rings is 1. The van der Waals surface area contributed by atoms with E-state index in [4.69, 9.17) is 0 Å². The second-order valence-corrected chi connectivity index (χ2v) is 3.37. The second kappa shape index (κ2) is 4.05. The van der Waals surface area contributed by atoms with E-state index in [0.717, 1.165) is 28.4 Å². The third-order valence-electron chi connectivity index (χ3n) is 2.23. The van der Waals surface area contributed by atoms with Gasteiger partial charge >= 0.3 is 0 Å². The third kappa shape index (κ3) is 1.94. The number of nitrogens with zero attached hydrogens (tertiary/aromatic N) is 1. The van der Waals surface area contributed by atoms with Gasteiger partial charge in [-0.15, -0.1) is 0 Å². The maximum absolute atomic E-state index is 10.3. The topological polar surface area (TPSA) is 30.0 Å². The van der Waals surface area contributed by atoms with Crippen molar-refractivity contribution in [3.05, 3.63) is 47.7 Å². The molecule has 0 amide bonds. The van der Waals surface area contributed by atoms with Crippen molar-refractivity contribution < 1.29 is 4.79 Å². The number of allylic oxidation sites excluding steroid dienone is 1. The van der Waals surface area contributed by atoms with Crippen LogP contribution in [-0.2, 0) is 4.79 Å². The molecule has 0 aliphatic heterocycles. The van der Waals surface area contributed by atoms with Crippen LogP contribution in [-0.4, -0.2) is 11.3 Å². The van der Waals surface area contributed by atoms with Crippen LogP contribution in [0, 0.1) is 6.92 Å². The number of rotatable bonds is 2. The second-order valence-electron chi connectivity index (χ2n) is 3.37. The lowest BCUT2D eigenvalue weighted by Crippen LogP contribution is -1.86. The fourth-order valence-corrected chi connectivity index (χ4v) is 1.62. The summed E-state index contributed by atoms with van der Waals surface area (Å²) in [4.78, 5) is 14.7. The first-order valence-electron chi connectivity index (χ1n) is 4.79. The zero-order valence-corrected chi connectivity index (χ0v) is 8.47. The van der Waals surface area contributed by atoms with Gasteiger partial charge in [0.25, 0.3) is 0 Å². The summed E-state index contributed by atoms with van der Waals surface area (Å²) in [6.45, 7) is 1.95. The summed E-state index contributed by atoms with van der Waals surface area (Å²) in [6.07, 6.45) is 4.09. The smallest absolute Gasteiger partial charge is 0.142 e. The minimum Gasteiger partial charge on any atom is -0.299 e. The molecule has 1 aromatic carbocycles. The molecule has 0 unspecified atom stereocenters. The quantitative estimate of drug-likeness (QED) is 0.547. The first-order valence-corrected chi connectivity index (χ1v) is 4.79.